The number of nitrogens with zero attached hydrogens (tertiary/aromatic N) is 2. The highest BCUT2D eigenvalue weighted by Gasteiger charge is 2.40. The van der Waals surface area contributed by atoms with Gasteiger partial charge in [-0.05, 0) is 69.8 Å². The monoisotopic (exact) mass is 642 g/mol. The maximum absolute atomic E-state index is 5.37. The van der Waals surface area contributed by atoms with Gasteiger partial charge in [0.1, 0.15) is 0 Å². The Morgan fingerprint density at radius 3 is 2.04 bits per heavy atom. The number of rotatable bonds is 4. The van der Waals surface area contributed by atoms with E-state index in [1.54, 1.807) is 0 Å². The molecule has 7 aromatic carbocycles. The van der Waals surface area contributed by atoms with Crippen LogP contribution in [0.15, 0.2) is 164 Å². The van der Waals surface area contributed by atoms with Gasteiger partial charge in [-0.2, -0.15) is 0 Å². The van der Waals surface area contributed by atoms with Gasteiger partial charge in [0.25, 0.3) is 0 Å². The molecule has 2 heterocycles. The van der Waals surface area contributed by atoms with Gasteiger partial charge in [-0.25, -0.2) is 9.97 Å². The summed E-state index contributed by atoms with van der Waals surface area (Å²) >= 11 is 1.84. The molecule has 0 radical (unpaired) electrons. The summed E-state index contributed by atoms with van der Waals surface area (Å²) in [5.41, 5.74) is 11.3. The smallest absolute Gasteiger partial charge is 0.161 e. The molecular formula is C46H30N2S. The maximum Gasteiger partial charge on any atom is 0.161 e. The predicted octanol–water partition coefficient (Wildman–Crippen LogP) is 12.3. The second kappa shape index (κ2) is 10.8. The van der Waals surface area contributed by atoms with Gasteiger partial charge in [0.05, 0.1) is 11.4 Å². The molecule has 49 heavy (non-hydrogen) atoms. The standard InChI is InChI=1S/C46H30N2S/c1-46(31-15-3-2-4-16-31)38-22-9-7-18-33(38)34-26-25-30(27-39(34)46)40-28-41(36-21-12-24-43-44(36)37-19-8-10-23-42(37)49-43)48-45(47-40)35-20-11-14-29-13-5-6-17-32(29)35/h2-28H,1H3. The van der Waals surface area contributed by atoms with Crippen LogP contribution in [-0.2, 0) is 5.41 Å². The molecule has 0 fully saturated rings. The number of aromatic nitrogens is 2. The molecule has 0 aliphatic heterocycles. The summed E-state index contributed by atoms with van der Waals surface area (Å²) < 4.78 is 2.55. The number of fused-ring (bicyclic) bond motifs is 7. The predicted molar refractivity (Wildman–Crippen MR) is 206 cm³/mol. The van der Waals surface area contributed by atoms with E-state index in [1.807, 2.05) is 11.3 Å². The van der Waals surface area contributed by atoms with Crippen LogP contribution < -0.4 is 0 Å². The number of hydrogen-bond donors (Lipinski definition) is 0. The normalized spacial score (nSPS) is 15.1. The number of benzene rings is 7. The molecule has 3 heteroatoms. The minimum atomic E-state index is -0.293. The largest absolute Gasteiger partial charge is 0.228 e. The number of thiophene rings is 1. The molecule has 0 N–H and O–H groups in total. The topological polar surface area (TPSA) is 25.8 Å². The van der Waals surface area contributed by atoms with Crippen LogP contribution in [0.5, 0.6) is 0 Å². The highest BCUT2D eigenvalue weighted by molar-refractivity contribution is 7.25. The molecule has 1 aliphatic carbocycles. The van der Waals surface area contributed by atoms with E-state index >= 15 is 0 Å². The summed E-state index contributed by atoms with van der Waals surface area (Å²) in [5.74, 6) is 0.732. The average Bonchev–Trinajstić information content (AvgIpc) is 3.68. The van der Waals surface area contributed by atoms with E-state index in [-0.39, 0.29) is 5.41 Å². The summed E-state index contributed by atoms with van der Waals surface area (Å²) in [6, 6.07) is 59.1. The molecule has 1 unspecified atom stereocenters. The van der Waals surface area contributed by atoms with Crippen molar-refractivity contribution in [2.45, 2.75) is 12.3 Å². The van der Waals surface area contributed by atoms with E-state index in [2.05, 4.69) is 171 Å². The van der Waals surface area contributed by atoms with Gasteiger partial charge in [-0.3, -0.25) is 0 Å². The van der Waals surface area contributed by atoms with Crippen molar-refractivity contribution in [1.82, 2.24) is 9.97 Å². The minimum Gasteiger partial charge on any atom is -0.228 e. The van der Waals surface area contributed by atoms with Crippen LogP contribution in [0.1, 0.15) is 23.6 Å². The maximum atomic E-state index is 5.37. The van der Waals surface area contributed by atoms with Crippen molar-refractivity contribution in [3.63, 3.8) is 0 Å². The Morgan fingerprint density at radius 1 is 0.469 bits per heavy atom. The van der Waals surface area contributed by atoms with Crippen molar-refractivity contribution in [3.8, 4) is 45.0 Å². The highest BCUT2D eigenvalue weighted by atomic mass is 32.1. The Bertz CT molecular complexity index is 2740. The zero-order chi connectivity index (χ0) is 32.5. The Hall–Kier alpha value is -5.90. The van der Waals surface area contributed by atoms with Crippen molar-refractivity contribution >= 4 is 42.3 Å². The molecule has 0 saturated carbocycles. The molecule has 10 rings (SSSR count). The SMILES string of the molecule is CC1(c2ccccc2)c2ccccc2-c2ccc(-c3cc(-c4cccc5sc6ccccc6c45)nc(-c4cccc5ccccc45)n3)cc21. The van der Waals surface area contributed by atoms with Crippen LogP contribution in [-0.4, -0.2) is 9.97 Å². The second-order valence-electron chi connectivity index (χ2n) is 13.1. The molecular weight excluding hydrogens is 613 g/mol. The van der Waals surface area contributed by atoms with Gasteiger partial charge >= 0.3 is 0 Å². The van der Waals surface area contributed by atoms with Crippen molar-refractivity contribution in [2.24, 2.45) is 0 Å². The zero-order valence-corrected chi connectivity index (χ0v) is 27.7. The fourth-order valence-electron chi connectivity index (χ4n) is 8.00. The van der Waals surface area contributed by atoms with Gasteiger partial charge in [0.15, 0.2) is 5.82 Å². The van der Waals surface area contributed by atoms with Gasteiger partial charge in [-0.1, -0.05) is 140 Å². The van der Waals surface area contributed by atoms with E-state index < -0.39 is 0 Å². The quantitative estimate of drug-likeness (QED) is 0.191. The van der Waals surface area contributed by atoms with Gasteiger partial charge < -0.3 is 0 Å². The van der Waals surface area contributed by atoms with Crippen LogP contribution in [0.4, 0.5) is 0 Å². The molecule has 2 nitrogen and oxygen atoms in total. The lowest BCUT2D eigenvalue weighted by Crippen LogP contribution is -2.22. The average molecular weight is 643 g/mol. The first-order chi connectivity index (χ1) is 24.2. The second-order valence-corrected chi connectivity index (χ2v) is 14.1. The fraction of sp³-hybridized carbons (Fsp3) is 0.0435. The minimum absolute atomic E-state index is 0.293. The van der Waals surface area contributed by atoms with Gasteiger partial charge in [-0.15, -0.1) is 11.3 Å². The zero-order valence-electron chi connectivity index (χ0n) is 26.9. The first-order valence-corrected chi connectivity index (χ1v) is 17.6. The Morgan fingerprint density at radius 2 is 1.12 bits per heavy atom. The lowest BCUT2D eigenvalue weighted by Gasteiger charge is -2.28. The molecule has 230 valence electrons. The third-order valence-electron chi connectivity index (χ3n) is 10.4. The van der Waals surface area contributed by atoms with Crippen molar-refractivity contribution in [3.05, 3.63) is 180 Å². The van der Waals surface area contributed by atoms with Crippen LogP contribution in [0, 0.1) is 0 Å². The van der Waals surface area contributed by atoms with E-state index in [1.165, 1.54) is 53.4 Å². The lowest BCUT2D eigenvalue weighted by atomic mass is 9.74. The lowest BCUT2D eigenvalue weighted by molar-refractivity contribution is 0.714. The first-order valence-electron chi connectivity index (χ1n) is 16.7. The van der Waals surface area contributed by atoms with Crippen LogP contribution in [0.3, 0.4) is 0 Å². The Balaban J connectivity index is 1.24. The Labute approximate surface area is 289 Å². The molecule has 0 saturated heterocycles. The Kier molecular flexibility index (Phi) is 6.21. The first kappa shape index (κ1) is 28.1. The molecule has 1 aliphatic rings. The number of hydrogen-bond acceptors (Lipinski definition) is 3. The third kappa shape index (κ3) is 4.26. The summed E-state index contributed by atoms with van der Waals surface area (Å²) in [6.45, 7) is 2.37. The molecule has 0 amide bonds. The fourth-order valence-corrected chi connectivity index (χ4v) is 9.13. The van der Waals surface area contributed by atoms with E-state index in [0.29, 0.717) is 0 Å². The van der Waals surface area contributed by atoms with Crippen LogP contribution >= 0.6 is 11.3 Å². The van der Waals surface area contributed by atoms with Gasteiger partial charge in [0.2, 0.25) is 0 Å². The highest BCUT2D eigenvalue weighted by Crippen LogP contribution is 2.53. The van der Waals surface area contributed by atoms with Gasteiger partial charge in [0, 0.05) is 42.3 Å². The van der Waals surface area contributed by atoms with Crippen molar-refractivity contribution in [1.29, 1.82) is 0 Å². The summed E-state index contributed by atoms with van der Waals surface area (Å²) in [7, 11) is 0. The summed E-state index contributed by atoms with van der Waals surface area (Å²) in [6.07, 6.45) is 0. The molecule has 0 spiro atoms. The molecule has 9 aromatic rings. The van der Waals surface area contributed by atoms with E-state index in [4.69, 9.17) is 9.97 Å². The van der Waals surface area contributed by atoms with Crippen molar-refractivity contribution < 1.29 is 0 Å². The molecule has 1 atom stereocenters. The molecule has 2 aromatic heterocycles. The summed E-state index contributed by atoms with van der Waals surface area (Å²) in [5, 5.41) is 4.83. The van der Waals surface area contributed by atoms with E-state index in [9.17, 15) is 0 Å². The van der Waals surface area contributed by atoms with Crippen molar-refractivity contribution in [2.75, 3.05) is 0 Å². The molecule has 0 bridgehead atoms. The third-order valence-corrected chi connectivity index (χ3v) is 11.5. The van der Waals surface area contributed by atoms with Crippen LogP contribution in [0.2, 0.25) is 0 Å². The summed E-state index contributed by atoms with van der Waals surface area (Å²) in [4.78, 5) is 10.7. The van der Waals surface area contributed by atoms with Crippen LogP contribution in [0.25, 0.3) is 76.0 Å². The van der Waals surface area contributed by atoms with E-state index in [0.717, 1.165) is 39.3 Å².